The van der Waals surface area contributed by atoms with Gasteiger partial charge in [-0.2, -0.15) is 28.1 Å². The first kappa shape index (κ1) is 15.2. The fourth-order valence-electron chi connectivity index (χ4n) is 1.01. The molecule has 1 aromatic heterocycles. The summed E-state index contributed by atoms with van der Waals surface area (Å²) < 4.78 is 36.4. The smallest absolute Gasteiger partial charge is 0.382 e. The molecule has 1 rings (SSSR count). The van der Waals surface area contributed by atoms with Gasteiger partial charge >= 0.3 is 6.18 Å². The molecule has 0 aliphatic carbocycles. The fourth-order valence-corrected chi connectivity index (χ4v) is 1.01. The van der Waals surface area contributed by atoms with Crippen molar-refractivity contribution in [2.75, 3.05) is 36.3 Å². The van der Waals surface area contributed by atoms with Crippen molar-refractivity contribution in [1.82, 2.24) is 15.0 Å². The van der Waals surface area contributed by atoms with Crippen LogP contribution in [0.15, 0.2) is 0 Å². The van der Waals surface area contributed by atoms with E-state index in [4.69, 9.17) is 10.9 Å². The highest BCUT2D eigenvalue weighted by atomic mass is 19.4. The van der Waals surface area contributed by atoms with E-state index >= 15 is 0 Å². The van der Waals surface area contributed by atoms with Crippen molar-refractivity contribution < 1.29 is 18.3 Å². The van der Waals surface area contributed by atoms with Gasteiger partial charge in [0.2, 0.25) is 17.8 Å². The molecule has 8 nitrogen and oxygen atoms in total. The molecule has 108 valence electrons. The fraction of sp³-hybridized carbons (Fsp3) is 0.625. The number of halogens is 3. The van der Waals surface area contributed by atoms with Crippen LogP contribution >= 0.6 is 0 Å². The van der Waals surface area contributed by atoms with Gasteiger partial charge in [0, 0.05) is 14.1 Å². The van der Waals surface area contributed by atoms with Gasteiger partial charge in [-0.3, -0.25) is 5.43 Å². The van der Waals surface area contributed by atoms with Gasteiger partial charge in [-0.15, -0.1) is 0 Å². The number of rotatable bonds is 5. The number of nitrogens with two attached hydrogens (primary N) is 1. The number of anilines is 3. The number of aliphatic hydroxyl groups is 1. The van der Waals surface area contributed by atoms with Crippen LogP contribution in [-0.2, 0) is 0 Å². The van der Waals surface area contributed by atoms with Crippen molar-refractivity contribution in [3.63, 3.8) is 0 Å². The number of hydrogen-bond donors (Lipinski definition) is 4. The Morgan fingerprint density at radius 3 is 2.32 bits per heavy atom. The minimum absolute atomic E-state index is 0.0114. The minimum atomic E-state index is -4.71. The Morgan fingerprint density at radius 2 is 1.84 bits per heavy atom. The molecule has 5 N–H and O–H groups in total. The van der Waals surface area contributed by atoms with Crippen LogP contribution in [0.2, 0.25) is 0 Å². The predicted octanol–water partition coefficient (Wildman–Crippen LogP) is -0.442. The molecule has 1 heterocycles. The van der Waals surface area contributed by atoms with E-state index in [0.29, 0.717) is 0 Å². The number of aliphatic hydroxyl groups excluding tert-OH is 1. The number of hydrazine groups is 1. The van der Waals surface area contributed by atoms with E-state index in [1.165, 1.54) is 4.90 Å². The van der Waals surface area contributed by atoms with Crippen LogP contribution in [0, 0.1) is 0 Å². The zero-order valence-electron chi connectivity index (χ0n) is 10.2. The maximum Gasteiger partial charge on any atom is 0.416 e. The molecule has 0 amide bonds. The SMILES string of the molecule is CN(C)c1nc(NN)nc(NCC(O)C(F)(F)F)n1. The van der Waals surface area contributed by atoms with Gasteiger partial charge in [0.1, 0.15) is 0 Å². The maximum atomic E-state index is 12.1. The van der Waals surface area contributed by atoms with Crippen molar-refractivity contribution in [2.45, 2.75) is 12.3 Å². The average molecular weight is 281 g/mol. The molecule has 1 aromatic rings. The van der Waals surface area contributed by atoms with Crippen LogP contribution in [0.5, 0.6) is 0 Å². The number of nitrogen functional groups attached to an aromatic ring is 1. The molecule has 0 spiro atoms. The number of aromatic nitrogens is 3. The lowest BCUT2D eigenvalue weighted by Crippen LogP contribution is -2.35. The lowest BCUT2D eigenvalue weighted by molar-refractivity contribution is -0.198. The van der Waals surface area contributed by atoms with Crippen molar-refractivity contribution in [3.8, 4) is 0 Å². The largest absolute Gasteiger partial charge is 0.416 e. The topological polar surface area (TPSA) is 112 Å². The summed E-state index contributed by atoms with van der Waals surface area (Å²) >= 11 is 0. The molecule has 1 atom stereocenters. The monoisotopic (exact) mass is 281 g/mol. The molecule has 1 unspecified atom stereocenters. The summed E-state index contributed by atoms with van der Waals surface area (Å²) in [6.45, 7) is -0.773. The van der Waals surface area contributed by atoms with Crippen LogP contribution in [0.1, 0.15) is 0 Å². The first-order chi connectivity index (χ1) is 8.74. The molecular formula is C8H14F3N7O. The summed E-state index contributed by atoms with van der Waals surface area (Å²) in [6.07, 6.45) is -7.22. The highest BCUT2D eigenvalue weighted by Gasteiger charge is 2.38. The third kappa shape index (κ3) is 4.37. The molecule has 0 saturated heterocycles. The Hall–Kier alpha value is -1.88. The summed E-state index contributed by atoms with van der Waals surface area (Å²) in [5.41, 5.74) is 2.17. The van der Waals surface area contributed by atoms with Crippen LogP contribution in [-0.4, -0.2) is 53.0 Å². The number of hydrogen-bond acceptors (Lipinski definition) is 8. The number of nitrogens with zero attached hydrogens (tertiary/aromatic N) is 4. The van der Waals surface area contributed by atoms with Crippen LogP contribution < -0.4 is 21.5 Å². The first-order valence-electron chi connectivity index (χ1n) is 5.12. The molecule has 0 bridgehead atoms. The summed E-state index contributed by atoms with van der Waals surface area (Å²) in [6, 6.07) is 0. The summed E-state index contributed by atoms with van der Waals surface area (Å²) in [7, 11) is 3.29. The van der Waals surface area contributed by atoms with Crippen LogP contribution in [0.3, 0.4) is 0 Å². The van der Waals surface area contributed by atoms with Crippen molar-refractivity contribution in [1.29, 1.82) is 0 Å². The standard InChI is InChI=1S/C8H14F3N7O/c1-18(2)7-15-5(14-6(16-7)17-12)13-3-4(19)8(9,10)11/h4,19H,3,12H2,1-2H3,(H2,13,14,15,16,17). The molecule has 0 radical (unpaired) electrons. The molecule has 0 fully saturated rings. The molecule has 0 aliphatic heterocycles. The normalized spacial score (nSPS) is 13.0. The zero-order valence-corrected chi connectivity index (χ0v) is 10.2. The average Bonchev–Trinajstić information content (AvgIpc) is 2.34. The molecule has 19 heavy (non-hydrogen) atoms. The van der Waals surface area contributed by atoms with E-state index in [-0.39, 0.29) is 17.8 Å². The van der Waals surface area contributed by atoms with Gasteiger partial charge in [0.15, 0.2) is 6.10 Å². The van der Waals surface area contributed by atoms with Gasteiger partial charge in [-0.1, -0.05) is 0 Å². The second-order valence-electron chi connectivity index (χ2n) is 3.76. The Balaban J connectivity index is 2.80. The lowest BCUT2D eigenvalue weighted by atomic mass is 10.3. The van der Waals surface area contributed by atoms with Gasteiger partial charge in [-0.25, -0.2) is 5.84 Å². The zero-order chi connectivity index (χ0) is 14.6. The number of alkyl halides is 3. The lowest BCUT2D eigenvalue weighted by Gasteiger charge is -2.16. The first-order valence-corrected chi connectivity index (χ1v) is 5.12. The van der Waals surface area contributed by atoms with E-state index in [2.05, 4.69) is 25.7 Å². The Morgan fingerprint density at radius 1 is 1.26 bits per heavy atom. The van der Waals surface area contributed by atoms with Crippen LogP contribution in [0.4, 0.5) is 31.0 Å². The van der Waals surface area contributed by atoms with Gasteiger partial charge in [0.05, 0.1) is 6.54 Å². The van der Waals surface area contributed by atoms with E-state index in [1.807, 2.05) is 0 Å². The Labute approximate surface area is 106 Å². The van der Waals surface area contributed by atoms with Crippen LogP contribution in [0.25, 0.3) is 0 Å². The minimum Gasteiger partial charge on any atom is -0.382 e. The third-order valence-electron chi connectivity index (χ3n) is 1.98. The van der Waals surface area contributed by atoms with E-state index in [0.717, 1.165) is 0 Å². The van der Waals surface area contributed by atoms with Gasteiger partial charge in [0.25, 0.3) is 0 Å². The molecule has 0 saturated carbocycles. The van der Waals surface area contributed by atoms with Crippen molar-refractivity contribution in [2.24, 2.45) is 5.84 Å². The molecule has 0 aromatic carbocycles. The van der Waals surface area contributed by atoms with E-state index < -0.39 is 18.8 Å². The second-order valence-corrected chi connectivity index (χ2v) is 3.76. The van der Waals surface area contributed by atoms with Gasteiger partial charge in [-0.05, 0) is 0 Å². The number of nitrogens with one attached hydrogen (secondary N) is 2. The predicted molar refractivity (Wildman–Crippen MR) is 62.5 cm³/mol. The van der Waals surface area contributed by atoms with Crippen molar-refractivity contribution in [3.05, 3.63) is 0 Å². The quantitative estimate of drug-likeness (QED) is 0.424. The highest BCUT2D eigenvalue weighted by molar-refractivity contribution is 5.42. The Kier molecular flexibility index (Phi) is 4.67. The molecule has 11 heteroatoms. The highest BCUT2D eigenvalue weighted by Crippen LogP contribution is 2.20. The molecular weight excluding hydrogens is 267 g/mol. The summed E-state index contributed by atoms with van der Waals surface area (Å²) in [4.78, 5) is 13.0. The Bertz CT molecular complexity index is 425. The molecule has 0 aliphatic rings. The van der Waals surface area contributed by atoms with E-state index in [9.17, 15) is 13.2 Å². The second kappa shape index (κ2) is 5.84. The third-order valence-corrected chi connectivity index (χ3v) is 1.98. The maximum absolute atomic E-state index is 12.1. The van der Waals surface area contributed by atoms with Gasteiger partial charge < -0.3 is 15.3 Å². The van der Waals surface area contributed by atoms with Crippen molar-refractivity contribution >= 4 is 17.8 Å². The summed E-state index contributed by atoms with van der Waals surface area (Å²) in [5.74, 6) is 5.19. The summed E-state index contributed by atoms with van der Waals surface area (Å²) in [5, 5.41) is 11.1. The van der Waals surface area contributed by atoms with E-state index in [1.54, 1.807) is 14.1 Å².